The van der Waals surface area contributed by atoms with Crippen molar-refractivity contribution in [2.45, 2.75) is 19.3 Å². The summed E-state index contributed by atoms with van der Waals surface area (Å²) >= 11 is 3.33. The van der Waals surface area contributed by atoms with Crippen LogP contribution in [0, 0.1) is 5.41 Å². The molecule has 1 fully saturated rings. The fraction of sp³-hybridized carbons (Fsp3) is 0.429. The molecular weight excluding hydrogens is 340 g/mol. The van der Waals surface area contributed by atoms with Crippen molar-refractivity contribution in [1.82, 2.24) is 5.32 Å². The second kappa shape index (κ2) is 6.34. The number of aliphatic carboxylic acids is 1. The third-order valence-electron chi connectivity index (χ3n) is 3.77. The molecule has 6 nitrogen and oxygen atoms in total. The van der Waals surface area contributed by atoms with Gasteiger partial charge in [-0.3, -0.25) is 4.79 Å². The summed E-state index contributed by atoms with van der Waals surface area (Å²) in [5, 5.41) is 14.5. The maximum absolute atomic E-state index is 11.9. The van der Waals surface area contributed by atoms with Crippen LogP contribution in [0.5, 0.6) is 5.75 Å². The average molecular weight is 357 g/mol. The molecule has 1 saturated carbocycles. The summed E-state index contributed by atoms with van der Waals surface area (Å²) in [5.41, 5.74) is -0.243. The molecule has 1 aliphatic rings. The molecular formula is C14H17BrN2O4. The number of carbonyl (C=O) groups is 2. The predicted molar refractivity (Wildman–Crippen MR) is 81.6 cm³/mol. The molecule has 2 amide bonds. The Morgan fingerprint density at radius 2 is 2.14 bits per heavy atom. The number of benzene rings is 1. The van der Waals surface area contributed by atoms with Crippen LogP contribution in [0.2, 0.25) is 0 Å². The molecule has 0 aliphatic heterocycles. The van der Waals surface area contributed by atoms with Gasteiger partial charge in [0.25, 0.3) is 0 Å². The lowest BCUT2D eigenvalue weighted by molar-refractivity contribution is -0.153. The van der Waals surface area contributed by atoms with Crippen LogP contribution in [0.3, 0.4) is 0 Å². The standard InChI is InChI=1S/C14H17BrN2O4/c1-21-9-3-4-10(15)11(7-9)17-13(20)16-8-14(12(18)19)5-2-6-14/h3-4,7H,2,5-6,8H2,1H3,(H,18,19)(H2,16,17,20). The summed E-state index contributed by atoms with van der Waals surface area (Å²) in [6.45, 7) is 0.135. The van der Waals surface area contributed by atoms with Gasteiger partial charge in [0, 0.05) is 17.1 Å². The molecule has 0 heterocycles. The highest BCUT2D eigenvalue weighted by atomic mass is 79.9. The summed E-state index contributed by atoms with van der Waals surface area (Å²) < 4.78 is 5.81. The number of methoxy groups -OCH3 is 1. The number of hydrogen-bond acceptors (Lipinski definition) is 3. The molecule has 1 aliphatic carbocycles. The molecule has 7 heteroatoms. The zero-order valence-corrected chi connectivity index (χ0v) is 13.2. The number of ether oxygens (including phenoxy) is 1. The number of halogens is 1. The summed E-state index contributed by atoms with van der Waals surface area (Å²) in [7, 11) is 1.54. The van der Waals surface area contributed by atoms with Crippen LogP contribution in [-0.4, -0.2) is 30.8 Å². The van der Waals surface area contributed by atoms with Gasteiger partial charge in [0.15, 0.2) is 0 Å². The number of hydrogen-bond donors (Lipinski definition) is 3. The molecule has 0 atom stereocenters. The summed E-state index contributed by atoms with van der Waals surface area (Å²) in [5.74, 6) is -0.230. The Balaban J connectivity index is 1.94. The van der Waals surface area contributed by atoms with E-state index in [9.17, 15) is 14.7 Å². The summed E-state index contributed by atoms with van der Waals surface area (Å²) in [6, 6.07) is 4.77. The van der Waals surface area contributed by atoms with Gasteiger partial charge in [0.1, 0.15) is 5.75 Å². The van der Waals surface area contributed by atoms with Crippen molar-refractivity contribution in [3.63, 3.8) is 0 Å². The van der Waals surface area contributed by atoms with E-state index in [1.54, 1.807) is 25.3 Å². The number of carbonyl (C=O) groups excluding carboxylic acids is 1. The van der Waals surface area contributed by atoms with E-state index < -0.39 is 17.4 Å². The van der Waals surface area contributed by atoms with Crippen molar-refractivity contribution in [3.8, 4) is 5.75 Å². The monoisotopic (exact) mass is 356 g/mol. The van der Waals surface area contributed by atoms with Crippen LogP contribution in [-0.2, 0) is 4.79 Å². The van der Waals surface area contributed by atoms with Crippen molar-refractivity contribution in [2.24, 2.45) is 5.41 Å². The first kappa shape index (κ1) is 15.6. The van der Waals surface area contributed by atoms with Gasteiger partial charge in [-0.15, -0.1) is 0 Å². The Hall–Kier alpha value is -1.76. The third kappa shape index (κ3) is 3.47. The highest BCUT2D eigenvalue weighted by Gasteiger charge is 2.44. The van der Waals surface area contributed by atoms with E-state index in [2.05, 4.69) is 26.6 Å². The molecule has 0 unspecified atom stereocenters. The molecule has 1 aromatic carbocycles. The SMILES string of the molecule is COc1ccc(Br)c(NC(=O)NCC2(C(=O)O)CCC2)c1. The zero-order chi connectivity index (χ0) is 15.5. The Morgan fingerprint density at radius 1 is 1.43 bits per heavy atom. The fourth-order valence-corrected chi connectivity index (χ4v) is 2.56. The van der Waals surface area contributed by atoms with Crippen LogP contribution in [0.4, 0.5) is 10.5 Å². The van der Waals surface area contributed by atoms with E-state index >= 15 is 0 Å². The Bertz CT molecular complexity index is 558. The predicted octanol–water partition coefficient (Wildman–Crippen LogP) is 2.83. The summed E-state index contributed by atoms with van der Waals surface area (Å²) in [6.07, 6.45) is 2.09. The molecule has 21 heavy (non-hydrogen) atoms. The third-order valence-corrected chi connectivity index (χ3v) is 4.46. The Labute approximate surface area is 131 Å². The van der Waals surface area contributed by atoms with Crippen molar-refractivity contribution >= 4 is 33.6 Å². The van der Waals surface area contributed by atoms with Gasteiger partial charge in [0.05, 0.1) is 18.2 Å². The van der Waals surface area contributed by atoms with Gasteiger partial charge in [-0.25, -0.2) is 4.79 Å². The first-order chi connectivity index (χ1) is 9.97. The van der Waals surface area contributed by atoms with Crippen LogP contribution in [0.25, 0.3) is 0 Å². The molecule has 0 radical (unpaired) electrons. The fourth-order valence-electron chi connectivity index (χ4n) is 2.21. The van der Waals surface area contributed by atoms with E-state index in [0.29, 0.717) is 24.3 Å². The molecule has 2 rings (SSSR count). The molecule has 114 valence electrons. The molecule has 0 bridgehead atoms. The molecule has 0 aromatic heterocycles. The van der Waals surface area contributed by atoms with Gasteiger partial charge in [0.2, 0.25) is 0 Å². The molecule has 0 spiro atoms. The van der Waals surface area contributed by atoms with Crippen LogP contribution >= 0.6 is 15.9 Å². The average Bonchev–Trinajstić information content (AvgIpc) is 2.39. The van der Waals surface area contributed by atoms with E-state index in [0.717, 1.165) is 10.9 Å². The number of amides is 2. The van der Waals surface area contributed by atoms with E-state index in [4.69, 9.17) is 4.74 Å². The largest absolute Gasteiger partial charge is 0.497 e. The van der Waals surface area contributed by atoms with Crippen molar-refractivity contribution in [1.29, 1.82) is 0 Å². The maximum atomic E-state index is 11.9. The number of nitrogens with one attached hydrogen (secondary N) is 2. The highest BCUT2D eigenvalue weighted by molar-refractivity contribution is 9.10. The number of urea groups is 1. The molecule has 1 aromatic rings. The first-order valence-electron chi connectivity index (χ1n) is 6.59. The van der Waals surface area contributed by atoms with Gasteiger partial charge >= 0.3 is 12.0 Å². The first-order valence-corrected chi connectivity index (χ1v) is 7.38. The van der Waals surface area contributed by atoms with Crippen LogP contribution in [0.1, 0.15) is 19.3 Å². The number of anilines is 1. The lowest BCUT2D eigenvalue weighted by Gasteiger charge is -2.37. The quantitative estimate of drug-likeness (QED) is 0.756. The number of rotatable bonds is 5. The minimum Gasteiger partial charge on any atom is -0.497 e. The minimum absolute atomic E-state index is 0.135. The molecule has 0 saturated heterocycles. The number of carboxylic acid groups (broad SMARTS) is 1. The van der Waals surface area contributed by atoms with Crippen LogP contribution < -0.4 is 15.4 Å². The van der Waals surface area contributed by atoms with E-state index in [-0.39, 0.29) is 6.54 Å². The maximum Gasteiger partial charge on any atom is 0.319 e. The van der Waals surface area contributed by atoms with E-state index in [1.807, 2.05) is 0 Å². The topological polar surface area (TPSA) is 87.7 Å². The number of carboxylic acids is 1. The summed E-state index contributed by atoms with van der Waals surface area (Å²) in [4.78, 5) is 23.1. The molecule has 3 N–H and O–H groups in total. The smallest absolute Gasteiger partial charge is 0.319 e. The normalized spacial score (nSPS) is 15.7. The Kier molecular flexibility index (Phi) is 4.72. The highest BCUT2D eigenvalue weighted by Crippen LogP contribution is 2.40. The minimum atomic E-state index is -0.850. The van der Waals surface area contributed by atoms with E-state index in [1.165, 1.54) is 0 Å². The van der Waals surface area contributed by atoms with Crippen molar-refractivity contribution < 1.29 is 19.4 Å². The Morgan fingerprint density at radius 3 is 2.67 bits per heavy atom. The van der Waals surface area contributed by atoms with Gasteiger partial charge in [-0.1, -0.05) is 6.42 Å². The zero-order valence-electron chi connectivity index (χ0n) is 11.6. The van der Waals surface area contributed by atoms with Gasteiger partial charge < -0.3 is 20.5 Å². The van der Waals surface area contributed by atoms with Crippen molar-refractivity contribution in [2.75, 3.05) is 19.0 Å². The van der Waals surface area contributed by atoms with Gasteiger partial charge in [-0.05, 0) is 40.9 Å². The lowest BCUT2D eigenvalue weighted by atomic mass is 9.69. The van der Waals surface area contributed by atoms with Crippen LogP contribution in [0.15, 0.2) is 22.7 Å². The lowest BCUT2D eigenvalue weighted by Crippen LogP contribution is -2.48. The second-order valence-electron chi connectivity index (χ2n) is 5.09. The van der Waals surface area contributed by atoms with Gasteiger partial charge in [-0.2, -0.15) is 0 Å². The van der Waals surface area contributed by atoms with Crippen molar-refractivity contribution in [3.05, 3.63) is 22.7 Å². The second-order valence-corrected chi connectivity index (χ2v) is 5.95.